The molecule has 0 fully saturated rings. The van der Waals surface area contributed by atoms with Crippen LogP contribution in [-0.4, -0.2) is 32.8 Å². The molecule has 0 aliphatic heterocycles. The van der Waals surface area contributed by atoms with E-state index in [4.69, 9.17) is 16.7 Å². The number of halogens is 1. The van der Waals surface area contributed by atoms with Gasteiger partial charge in [0.1, 0.15) is 6.23 Å². The van der Waals surface area contributed by atoms with Gasteiger partial charge in [0.2, 0.25) is 17.2 Å². The number of aromatic nitrogens is 3. The highest BCUT2D eigenvalue weighted by molar-refractivity contribution is 6.28. The average Bonchev–Trinajstić information content (AvgIpc) is 2.01. The zero-order valence-corrected chi connectivity index (χ0v) is 8.71. The van der Waals surface area contributed by atoms with Crippen molar-refractivity contribution in [2.75, 3.05) is 17.2 Å². The van der Waals surface area contributed by atoms with Gasteiger partial charge >= 0.3 is 0 Å². The van der Waals surface area contributed by atoms with E-state index in [0.29, 0.717) is 12.5 Å². The summed E-state index contributed by atoms with van der Waals surface area (Å²) in [6.07, 6.45) is -0.733. The quantitative estimate of drug-likeness (QED) is 0.645. The second kappa shape index (κ2) is 4.92. The number of aliphatic hydroxyl groups excluding tert-OH is 1. The van der Waals surface area contributed by atoms with Crippen molar-refractivity contribution >= 4 is 23.5 Å². The highest BCUT2D eigenvalue weighted by atomic mass is 35.5. The molecule has 0 saturated carbocycles. The summed E-state index contributed by atoms with van der Waals surface area (Å²) in [5, 5.41) is 14.6. The van der Waals surface area contributed by atoms with Gasteiger partial charge in [-0.2, -0.15) is 15.0 Å². The van der Waals surface area contributed by atoms with E-state index in [1.807, 2.05) is 6.92 Å². The molecule has 0 bridgehead atoms. The van der Waals surface area contributed by atoms with E-state index in [0.717, 1.165) is 0 Å². The van der Waals surface area contributed by atoms with Crippen molar-refractivity contribution in [2.24, 2.45) is 0 Å². The first kappa shape index (κ1) is 10.9. The van der Waals surface area contributed by atoms with Gasteiger partial charge in [-0.05, 0) is 25.4 Å². The molecule has 7 heteroatoms. The maximum atomic E-state index is 9.04. The Balaban J connectivity index is 2.83. The highest BCUT2D eigenvalue weighted by Crippen LogP contribution is 2.09. The summed E-state index contributed by atoms with van der Waals surface area (Å²) in [6, 6.07) is 0. The van der Waals surface area contributed by atoms with Gasteiger partial charge in [-0.15, -0.1) is 0 Å². The third-order valence-electron chi connectivity index (χ3n) is 1.28. The van der Waals surface area contributed by atoms with Crippen LogP contribution in [0, 0.1) is 0 Å². The number of nitrogens with zero attached hydrogens (tertiary/aromatic N) is 3. The molecule has 1 rings (SSSR count). The third-order valence-corrected chi connectivity index (χ3v) is 1.45. The van der Waals surface area contributed by atoms with E-state index in [1.165, 1.54) is 0 Å². The highest BCUT2D eigenvalue weighted by Gasteiger charge is 2.05. The van der Waals surface area contributed by atoms with E-state index < -0.39 is 6.23 Å². The van der Waals surface area contributed by atoms with Crippen molar-refractivity contribution < 1.29 is 5.11 Å². The standard InChI is InChI=1S/C7H12ClN5O/c1-3-9-6-11-5(8)12-7(13-6)10-4(2)14/h4,14H,3H2,1-2H3,(H2,9,10,11,12,13). The number of nitrogens with one attached hydrogen (secondary N) is 2. The van der Waals surface area contributed by atoms with Crippen molar-refractivity contribution in [3.05, 3.63) is 5.28 Å². The van der Waals surface area contributed by atoms with Crippen LogP contribution in [-0.2, 0) is 0 Å². The van der Waals surface area contributed by atoms with Crippen LogP contribution in [0.1, 0.15) is 13.8 Å². The van der Waals surface area contributed by atoms with Gasteiger partial charge in [-0.25, -0.2) is 0 Å². The minimum atomic E-state index is -0.733. The maximum absolute atomic E-state index is 9.04. The van der Waals surface area contributed by atoms with E-state index in [-0.39, 0.29) is 11.2 Å². The van der Waals surface area contributed by atoms with Gasteiger partial charge in [-0.3, -0.25) is 0 Å². The zero-order chi connectivity index (χ0) is 10.6. The molecule has 3 N–H and O–H groups in total. The summed E-state index contributed by atoms with van der Waals surface area (Å²) in [7, 11) is 0. The summed E-state index contributed by atoms with van der Waals surface area (Å²) in [6.45, 7) is 4.17. The molecule has 1 atom stereocenters. The Kier molecular flexibility index (Phi) is 3.84. The monoisotopic (exact) mass is 217 g/mol. The molecule has 6 nitrogen and oxygen atoms in total. The van der Waals surface area contributed by atoms with E-state index in [1.54, 1.807) is 6.92 Å². The van der Waals surface area contributed by atoms with Crippen LogP contribution in [0.4, 0.5) is 11.9 Å². The normalized spacial score (nSPS) is 12.3. The lowest BCUT2D eigenvalue weighted by atomic mass is 10.6. The predicted octanol–water partition coefficient (Wildman–Crippen LogP) is 0.707. The van der Waals surface area contributed by atoms with Gasteiger partial charge in [0, 0.05) is 6.54 Å². The van der Waals surface area contributed by atoms with Crippen LogP contribution < -0.4 is 10.6 Å². The summed E-state index contributed by atoms with van der Waals surface area (Å²) in [5.41, 5.74) is 0. The summed E-state index contributed by atoms with van der Waals surface area (Å²) in [4.78, 5) is 11.6. The summed E-state index contributed by atoms with van der Waals surface area (Å²) < 4.78 is 0. The number of rotatable bonds is 4. The predicted molar refractivity (Wildman–Crippen MR) is 54.3 cm³/mol. The SMILES string of the molecule is CCNc1nc(Cl)nc(NC(C)O)n1. The topological polar surface area (TPSA) is 83.0 Å². The van der Waals surface area contributed by atoms with Crippen LogP contribution in [0.3, 0.4) is 0 Å². The van der Waals surface area contributed by atoms with E-state index >= 15 is 0 Å². The molecule has 1 unspecified atom stereocenters. The van der Waals surface area contributed by atoms with Gasteiger partial charge in [-0.1, -0.05) is 0 Å². The van der Waals surface area contributed by atoms with E-state index in [9.17, 15) is 0 Å². The first-order valence-electron chi connectivity index (χ1n) is 4.22. The van der Waals surface area contributed by atoms with Crippen molar-refractivity contribution in [2.45, 2.75) is 20.1 Å². The Labute approximate surface area is 86.7 Å². The summed E-state index contributed by atoms with van der Waals surface area (Å²) >= 11 is 5.65. The number of hydrogen-bond acceptors (Lipinski definition) is 6. The average molecular weight is 218 g/mol. The molecule has 14 heavy (non-hydrogen) atoms. The van der Waals surface area contributed by atoms with Crippen LogP contribution >= 0.6 is 11.6 Å². The molecule has 1 aromatic rings. The molecule has 78 valence electrons. The molecule has 1 aromatic heterocycles. The minimum absolute atomic E-state index is 0.0825. The molecule has 1 heterocycles. The fraction of sp³-hybridized carbons (Fsp3) is 0.571. The van der Waals surface area contributed by atoms with Crippen molar-refractivity contribution in [3.63, 3.8) is 0 Å². The third kappa shape index (κ3) is 3.31. The molecule has 0 aromatic carbocycles. The van der Waals surface area contributed by atoms with Crippen LogP contribution in [0.25, 0.3) is 0 Å². The Morgan fingerprint density at radius 1 is 1.36 bits per heavy atom. The number of aliphatic hydroxyl groups is 1. The zero-order valence-electron chi connectivity index (χ0n) is 7.95. The molecule has 0 aliphatic rings. The lowest BCUT2D eigenvalue weighted by Gasteiger charge is -2.08. The van der Waals surface area contributed by atoms with Crippen molar-refractivity contribution in [3.8, 4) is 0 Å². The Morgan fingerprint density at radius 3 is 2.57 bits per heavy atom. The summed E-state index contributed by atoms with van der Waals surface area (Å²) in [5.74, 6) is 0.631. The Hall–Kier alpha value is -1.14. The largest absolute Gasteiger partial charge is 0.374 e. The van der Waals surface area contributed by atoms with Crippen molar-refractivity contribution in [1.82, 2.24) is 15.0 Å². The van der Waals surface area contributed by atoms with Gasteiger partial charge in [0.15, 0.2) is 0 Å². The van der Waals surface area contributed by atoms with Gasteiger partial charge in [0.05, 0.1) is 0 Å². The van der Waals surface area contributed by atoms with Crippen LogP contribution in [0.5, 0.6) is 0 Å². The molecule has 0 aliphatic carbocycles. The number of anilines is 2. The van der Waals surface area contributed by atoms with Gasteiger partial charge in [0.25, 0.3) is 0 Å². The lowest BCUT2D eigenvalue weighted by Crippen LogP contribution is -2.17. The number of hydrogen-bond donors (Lipinski definition) is 3. The molecular formula is C7H12ClN5O. The van der Waals surface area contributed by atoms with Crippen LogP contribution in [0.15, 0.2) is 0 Å². The second-order valence-electron chi connectivity index (χ2n) is 2.60. The van der Waals surface area contributed by atoms with Gasteiger partial charge < -0.3 is 15.7 Å². The first-order valence-corrected chi connectivity index (χ1v) is 4.59. The minimum Gasteiger partial charge on any atom is -0.374 e. The van der Waals surface area contributed by atoms with Crippen LogP contribution in [0.2, 0.25) is 5.28 Å². The molecular weight excluding hydrogens is 206 g/mol. The first-order chi connectivity index (χ1) is 6.61. The fourth-order valence-corrected chi connectivity index (χ4v) is 0.999. The maximum Gasteiger partial charge on any atom is 0.230 e. The molecule has 0 saturated heterocycles. The van der Waals surface area contributed by atoms with Crippen molar-refractivity contribution in [1.29, 1.82) is 0 Å². The van der Waals surface area contributed by atoms with E-state index in [2.05, 4.69) is 25.6 Å². The smallest absolute Gasteiger partial charge is 0.230 e. The lowest BCUT2D eigenvalue weighted by molar-refractivity contribution is 0.223. The molecule has 0 radical (unpaired) electrons. The Bertz CT molecular complexity index is 306. The molecule has 0 spiro atoms. The second-order valence-corrected chi connectivity index (χ2v) is 2.94. The molecule has 0 amide bonds. The fourth-order valence-electron chi connectivity index (χ4n) is 0.839. The Morgan fingerprint density at radius 2 is 2.00 bits per heavy atom.